The van der Waals surface area contributed by atoms with Gasteiger partial charge >= 0.3 is 0 Å². The second kappa shape index (κ2) is 5.82. The van der Waals surface area contributed by atoms with Gasteiger partial charge in [0.05, 0.1) is 5.39 Å². The average Bonchev–Trinajstić information content (AvgIpc) is 2.93. The first-order chi connectivity index (χ1) is 10.2. The number of nitrogens with zero attached hydrogens (tertiary/aromatic N) is 2. The van der Waals surface area contributed by atoms with Crippen LogP contribution in [0.25, 0.3) is 10.2 Å². The van der Waals surface area contributed by atoms with E-state index >= 15 is 0 Å². The molecule has 3 aromatic rings. The third kappa shape index (κ3) is 2.63. The molecular formula is C17H19N3S. The number of rotatable bonds is 4. The second-order valence-electron chi connectivity index (χ2n) is 5.09. The number of aryl methyl sites for hydroxylation is 3. The van der Waals surface area contributed by atoms with Crippen LogP contribution >= 0.6 is 11.3 Å². The van der Waals surface area contributed by atoms with Gasteiger partial charge in [0.25, 0.3) is 0 Å². The SMILES string of the molecule is CCc1cc2c(Nc3c(C)cccc3CC)ncnc2s1. The lowest BCUT2D eigenvalue weighted by atomic mass is 10.1. The van der Waals surface area contributed by atoms with Crippen molar-refractivity contribution in [1.82, 2.24) is 9.97 Å². The van der Waals surface area contributed by atoms with Gasteiger partial charge in [0, 0.05) is 10.6 Å². The lowest BCUT2D eigenvalue weighted by molar-refractivity contribution is 1.13. The molecule has 3 nitrogen and oxygen atoms in total. The summed E-state index contributed by atoms with van der Waals surface area (Å²) in [5, 5.41) is 4.64. The van der Waals surface area contributed by atoms with Crippen LogP contribution in [-0.2, 0) is 12.8 Å². The topological polar surface area (TPSA) is 37.8 Å². The van der Waals surface area contributed by atoms with Gasteiger partial charge in [0.15, 0.2) is 0 Å². The van der Waals surface area contributed by atoms with Crippen molar-refractivity contribution >= 4 is 33.1 Å². The molecular weight excluding hydrogens is 278 g/mol. The Morgan fingerprint density at radius 2 is 2.00 bits per heavy atom. The maximum atomic E-state index is 4.45. The highest BCUT2D eigenvalue weighted by molar-refractivity contribution is 7.18. The summed E-state index contributed by atoms with van der Waals surface area (Å²) in [6.07, 6.45) is 3.68. The first kappa shape index (κ1) is 14.0. The quantitative estimate of drug-likeness (QED) is 0.746. The summed E-state index contributed by atoms with van der Waals surface area (Å²) >= 11 is 1.75. The Morgan fingerprint density at radius 3 is 2.76 bits per heavy atom. The van der Waals surface area contributed by atoms with Gasteiger partial charge in [-0.25, -0.2) is 9.97 Å². The van der Waals surface area contributed by atoms with Gasteiger partial charge in [-0.3, -0.25) is 0 Å². The Morgan fingerprint density at radius 1 is 1.14 bits per heavy atom. The Hall–Kier alpha value is -1.94. The number of anilines is 2. The van der Waals surface area contributed by atoms with Crippen molar-refractivity contribution in [3.63, 3.8) is 0 Å². The first-order valence-corrected chi connectivity index (χ1v) is 8.13. The smallest absolute Gasteiger partial charge is 0.142 e. The van der Waals surface area contributed by atoms with Crippen LogP contribution < -0.4 is 5.32 Å². The molecule has 0 spiro atoms. The maximum Gasteiger partial charge on any atom is 0.142 e. The van der Waals surface area contributed by atoms with E-state index in [4.69, 9.17) is 0 Å². The van der Waals surface area contributed by atoms with Crippen LogP contribution in [0.5, 0.6) is 0 Å². The van der Waals surface area contributed by atoms with Crippen LogP contribution in [0.2, 0.25) is 0 Å². The minimum absolute atomic E-state index is 0.903. The molecule has 0 radical (unpaired) electrons. The maximum absolute atomic E-state index is 4.45. The molecule has 0 amide bonds. The summed E-state index contributed by atoms with van der Waals surface area (Å²) in [7, 11) is 0. The molecule has 0 aliphatic carbocycles. The third-order valence-corrected chi connectivity index (χ3v) is 4.90. The number of thiophene rings is 1. The van der Waals surface area contributed by atoms with Crippen LogP contribution in [0.1, 0.15) is 29.9 Å². The minimum atomic E-state index is 0.903. The fraction of sp³-hybridized carbons (Fsp3) is 0.294. The van der Waals surface area contributed by atoms with Crippen molar-refractivity contribution < 1.29 is 0 Å². The summed E-state index contributed by atoms with van der Waals surface area (Å²) in [5.74, 6) is 0.903. The lowest BCUT2D eigenvalue weighted by Crippen LogP contribution is -2.00. The van der Waals surface area contributed by atoms with E-state index in [9.17, 15) is 0 Å². The van der Waals surface area contributed by atoms with E-state index in [2.05, 4.69) is 60.3 Å². The summed E-state index contributed by atoms with van der Waals surface area (Å²) in [5.41, 5.74) is 3.73. The Balaban J connectivity index is 2.08. The third-order valence-electron chi connectivity index (χ3n) is 3.71. The number of hydrogen-bond acceptors (Lipinski definition) is 4. The molecule has 0 bridgehead atoms. The molecule has 1 aromatic carbocycles. The van der Waals surface area contributed by atoms with Crippen molar-refractivity contribution in [2.45, 2.75) is 33.6 Å². The molecule has 0 aliphatic rings. The summed E-state index contributed by atoms with van der Waals surface area (Å²) in [6.45, 7) is 6.47. The molecule has 0 saturated carbocycles. The van der Waals surface area contributed by atoms with E-state index < -0.39 is 0 Å². The lowest BCUT2D eigenvalue weighted by Gasteiger charge is -2.13. The highest BCUT2D eigenvalue weighted by Gasteiger charge is 2.11. The number of hydrogen-bond donors (Lipinski definition) is 1. The van der Waals surface area contributed by atoms with Gasteiger partial charge in [-0.15, -0.1) is 11.3 Å². The van der Waals surface area contributed by atoms with Crippen LogP contribution in [0.4, 0.5) is 11.5 Å². The van der Waals surface area contributed by atoms with Crippen molar-refractivity contribution in [2.24, 2.45) is 0 Å². The fourth-order valence-corrected chi connectivity index (χ4v) is 3.43. The number of fused-ring (bicyclic) bond motifs is 1. The molecule has 4 heteroatoms. The highest BCUT2D eigenvalue weighted by Crippen LogP contribution is 2.32. The Bertz CT molecular complexity index is 777. The number of nitrogens with one attached hydrogen (secondary N) is 1. The zero-order chi connectivity index (χ0) is 14.8. The van der Waals surface area contributed by atoms with Crippen LogP contribution in [0, 0.1) is 6.92 Å². The van der Waals surface area contributed by atoms with Gasteiger partial charge in [-0.2, -0.15) is 0 Å². The van der Waals surface area contributed by atoms with Gasteiger partial charge in [0.1, 0.15) is 17.0 Å². The van der Waals surface area contributed by atoms with E-state index in [-0.39, 0.29) is 0 Å². The van der Waals surface area contributed by atoms with Crippen LogP contribution in [0.15, 0.2) is 30.6 Å². The summed E-state index contributed by atoms with van der Waals surface area (Å²) in [6, 6.07) is 8.60. The summed E-state index contributed by atoms with van der Waals surface area (Å²) in [4.78, 5) is 11.2. The van der Waals surface area contributed by atoms with Crippen molar-refractivity contribution in [3.8, 4) is 0 Å². The number of benzene rings is 1. The monoisotopic (exact) mass is 297 g/mol. The Kier molecular flexibility index (Phi) is 3.88. The number of aromatic nitrogens is 2. The zero-order valence-corrected chi connectivity index (χ0v) is 13.4. The second-order valence-corrected chi connectivity index (χ2v) is 6.21. The van der Waals surface area contributed by atoms with Crippen LogP contribution in [-0.4, -0.2) is 9.97 Å². The van der Waals surface area contributed by atoms with Crippen molar-refractivity contribution in [1.29, 1.82) is 0 Å². The molecule has 2 aromatic heterocycles. The van der Waals surface area contributed by atoms with E-state index in [1.807, 2.05) is 0 Å². The fourth-order valence-electron chi connectivity index (χ4n) is 2.50. The number of para-hydroxylation sites is 1. The van der Waals surface area contributed by atoms with Gasteiger partial charge in [0.2, 0.25) is 0 Å². The zero-order valence-electron chi connectivity index (χ0n) is 12.6. The van der Waals surface area contributed by atoms with E-state index in [1.54, 1.807) is 17.7 Å². The normalized spacial score (nSPS) is 11.0. The molecule has 3 rings (SSSR count). The predicted octanol–water partition coefficient (Wildman–Crippen LogP) is 4.87. The van der Waals surface area contributed by atoms with Gasteiger partial charge < -0.3 is 5.32 Å². The molecule has 0 saturated heterocycles. The van der Waals surface area contributed by atoms with E-state index in [1.165, 1.54) is 21.7 Å². The predicted molar refractivity (Wildman–Crippen MR) is 90.6 cm³/mol. The summed E-state index contributed by atoms with van der Waals surface area (Å²) < 4.78 is 0. The van der Waals surface area contributed by atoms with Crippen molar-refractivity contribution in [3.05, 3.63) is 46.6 Å². The van der Waals surface area contributed by atoms with E-state index in [0.717, 1.165) is 28.9 Å². The first-order valence-electron chi connectivity index (χ1n) is 7.31. The largest absolute Gasteiger partial charge is 0.339 e. The van der Waals surface area contributed by atoms with Crippen LogP contribution in [0.3, 0.4) is 0 Å². The molecule has 0 atom stereocenters. The Labute approximate surface area is 129 Å². The average molecular weight is 297 g/mol. The van der Waals surface area contributed by atoms with E-state index in [0.29, 0.717) is 0 Å². The minimum Gasteiger partial charge on any atom is -0.339 e. The molecule has 0 aliphatic heterocycles. The van der Waals surface area contributed by atoms with Gasteiger partial charge in [-0.05, 0) is 37.0 Å². The highest BCUT2D eigenvalue weighted by atomic mass is 32.1. The molecule has 108 valence electrons. The molecule has 2 heterocycles. The molecule has 0 fully saturated rings. The molecule has 1 N–H and O–H groups in total. The standard InChI is InChI=1S/C17H19N3S/c1-4-12-8-6-7-11(3)15(12)20-16-14-9-13(5-2)21-17(14)19-10-18-16/h6-10H,4-5H2,1-3H3,(H,18,19,20). The molecule has 21 heavy (non-hydrogen) atoms. The van der Waals surface area contributed by atoms with Gasteiger partial charge in [-0.1, -0.05) is 32.0 Å². The molecule has 0 unspecified atom stereocenters. The van der Waals surface area contributed by atoms with Crippen molar-refractivity contribution in [2.75, 3.05) is 5.32 Å².